The summed E-state index contributed by atoms with van der Waals surface area (Å²) in [4.78, 5) is 0. The molecule has 0 aliphatic rings. The van der Waals surface area contributed by atoms with Gasteiger partial charge in [0, 0.05) is 114 Å². The molecule has 0 heteroatoms. The first kappa shape index (κ1) is 54.5. The molecule has 59 heavy (non-hydrogen) atoms. The zero-order valence-corrected chi connectivity index (χ0v) is 36.2. The summed E-state index contributed by atoms with van der Waals surface area (Å²) in [6, 6.07) is 0. The van der Waals surface area contributed by atoms with Crippen LogP contribution >= 0.6 is 0 Å². The predicted molar refractivity (Wildman–Crippen MR) is 318 cm³/mol. The molecule has 0 radical (unpaired) electrons. The third-order valence-electron chi connectivity index (χ3n) is 8.41. The van der Waals surface area contributed by atoms with Crippen LogP contribution in [0.25, 0.3) is 0 Å². The van der Waals surface area contributed by atoms with Gasteiger partial charge in [0.1, 0.15) is 0 Å². The van der Waals surface area contributed by atoms with Crippen LogP contribution in [0.15, 0.2) is 0 Å². The summed E-state index contributed by atoms with van der Waals surface area (Å²) in [6.07, 6.45) is 49.7. The lowest BCUT2D eigenvalue weighted by molar-refractivity contribution is 0.515. The van der Waals surface area contributed by atoms with Crippen molar-refractivity contribution in [3.05, 3.63) is 0 Å². The second-order valence-corrected chi connectivity index (χ2v) is 13.4. The number of hydrogen-bond acceptors (Lipinski definition) is 0. The molecule has 0 aliphatic carbocycles. The lowest BCUT2D eigenvalue weighted by Crippen LogP contribution is -1.84. The van der Waals surface area contributed by atoms with Gasteiger partial charge in [0.25, 0.3) is 0 Å². The summed E-state index contributed by atoms with van der Waals surface area (Å²) < 4.78 is 0. The first-order chi connectivity index (χ1) is 29.3. The summed E-state index contributed by atoms with van der Waals surface area (Å²) in [5.41, 5.74) is 0. The van der Waals surface area contributed by atoms with Gasteiger partial charge in [-0.25, -0.2) is 0 Å². The highest BCUT2D eigenvalue weighted by atomic mass is 14.0. The van der Waals surface area contributed by atoms with Crippen LogP contribution in [0.5, 0.6) is 0 Å². The van der Waals surface area contributed by atoms with Gasteiger partial charge in [0.15, 0.2) is 0 Å². The molecule has 0 atom stereocenters. The highest BCUT2D eigenvalue weighted by molar-refractivity contribution is 5.48. The maximum Gasteiger partial charge on any atom is 0 e. The van der Waals surface area contributed by atoms with E-state index in [2.05, 4.69) is 180 Å². The van der Waals surface area contributed by atoms with Gasteiger partial charge in [0.2, 0.25) is 0 Å². The first-order valence-electron chi connectivity index (χ1n) is 21.7. The second kappa shape index (κ2) is 55.7. The third-order valence-corrected chi connectivity index (χ3v) is 8.41. The quantitative estimate of drug-likeness (QED) is 0.0602. The molecule has 0 unspecified atom stereocenters. The number of hydrogen-bond donors (Lipinski definition) is 0. The van der Waals surface area contributed by atoms with Crippen molar-refractivity contribution in [3.63, 3.8) is 0 Å². The van der Waals surface area contributed by atoms with E-state index in [1.807, 2.05) is 0 Å². The van der Waals surface area contributed by atoms with E-state index < -0.39 is 0 Å². The smallest absolute Gasteiger partial charge is 0 e. The van der Waals surface area contributed by atoms with E-state index in [0.717, 1.165) is 0 Å². The monoisotopic (exact) mass is 831 g/mol. The lowest BCUT2D eigenvalue weighted by atomic mass is 10.0. The minimum Gasteiger partial charge on any atom is -0.106 e. The van der Waals surface area contributed by atoms with Gasteiger partial charge in [0.05, 0.1) is 0 Å². The molecular weight excluding hydrogens is 709 g/mol. The van der Waals surface area contributed by atoms with Crippen molar-refractivity contribution in [2.24, 2.45) is 0 Å². The standard InChI is InChI=1S/C30H2.C29H60.30H2/c1-3-5-7-9-11-13-15-17-19-21-23-25-27-29-30-28-26-24-22-20-18-16-14-12-10-8-6-4-2;1-3-5-7-9-11-13-15-17-19-21-23-25-27-29-28-26-24-22-20-18-16-14-12-10-8-6-4-2;;;;;;;;;;;;;;;;;;;;;;;;;;;;;;/h1-2H;3-29H2,1-2H3;30*1H. The van der Waals surface area contributed by atoms with E-state index in [9.17, 15) is 0 Å². The Hall–Kier alpha value is -6.60. The summed E-state index contributed by atoms with van der Waals surface area (Å²) in [5.74, 6) is 68.2. The SMILES string of the molecule is C#CC#CC#CC#CC#CC#CC#CC#CC#CC#CC#CC#CC#CC#CC#C.CCCCCCCCCCCCCCCCCCCCCCCCCCCCC.[HH].[HH].[HH].[HH].[HH].[HH].[HH].[HH].[HH].[HH].[HH].[HH].[HH].[HH].[HH].[HH].[HH].[HH].[HH].[HH].[HH].[HH].[HH].[HH].[HH].[HH].[HH].[HH].[HH].[HH]. The highest BCUT2D eigenvalue weighted by Crippen LogP contribution is 2.16. The lowest BCUT2D eigenvalue weighted by Gasteiger charge is -2.04. The summed E-state index contributed by atoms with van der Waals surface area (Å²) in [6.45, 7) is 4.61. The Bertz CT molecular complexity index is 2000. The second-order valence-electron chi connectivity index (χ2n) is 13.4. The molecule has 0 heterocycles. The van der Waals surface area contributed by atoms with Crippen LogP contribution in [-0.4, -0.2) is 0 Å². The van der Waals surface area contributed by atoms with E-state index in [-0.39, 0.29) is 42.8 Å². The van der Waals surface area contributed by atoms with Crippen LogP contribution in [0.3, 0.4) is 0 Å². The normalized spacial score (nSPS) is 7.53. The van der Waals surface area contributed by atoms with Crippen LogP contribution in [0.1, 0.15) is 230 Å². The van der Waals surface area contributed by atoms with E-state index in [0.29, 0.717) is 0 Å². The molecule has 0 amide bonds. The molecule has 0 aliphatic heterocycles. The average Bonchev–Trinajstić information content (AvgIpc) is 3.25. The largest absolute Gasteiger partial charge is 0.106 e. The molecule has 0 saturated heterocycles. The van der Waals surface area contributed by atoms with Gasteiger partial charge in [-0.3, -0.25) is 0 Å². The van der Waals surface area contributed by atoms with Crippen LogP contribution in [0, 0.1) is 179 Å². The van der Waals surface area contributed by atoms with Crippen molar-refractivity contribution in [3.8, 4) is 179 Å². The van der Waals surface area contributed by atoms with Crippen LogP contribution in [-0.2, 0) is 0 Å². The maximum absolute atomic E-state index is 4.92. The zero-order chi connectivity index (χ0) is 42.9. The molecule has 0 rings (SSSR count). The molecule has 0 spiro atoms. The summed E-state index contributed by atoms with van der Waals surface area (Å²) >= 11 is 0. The summed E-state index contributed by atoms with van der Waals surface area (Å²) in [7, 11) is 0. The molecule has 0 N–H and O–H groups in total. The number of rotatable bonds is 26. The van der Waals surface area contributed by atoms with Crippen molar-refractivity contribution in [1.29, 1.82) is 0 Å². The van der Waals surface area contributed by atoms with Crippen molar-refractivity contribution in [2.45, 2.75) is 187 Å². The first-order valence-corrected chi connectivity index (χ1v) is 21.7. The van der Waals surface area contributed by atoms with Gasteiger partial charge in [-0.1, -0.05) is 187 Å². The van der Waals surface area contributed by atoms with Crippen molar-refractivity contribution in [1.82, 2.24) is 0 Å². The van der Waals surface area contributed by atoms with Crippen LogP contribution in [0.2, 0.25) is 0 Å². The molecule has 0 aromatic rings. The van der Waals surface area contributed by atoms with Crippen LogP contribution in [0.4, 0.5) is 0 Å². The van der Waals surface area contributed by atoms with Gasteiger partial charge < -0.3 is 0 Å². The maximum atomic E-state index is 4.92. The van der Waals surface area contributed by atoms with Gasteiger partial charge in [-0.05, 0) is 94.7 Å². The molecule has 0 bridgehead atoms. The third kappa shape index (κ3) is 58.3. The van der Waals surface area contributed by atoms with E-state index >= 15 is 0 Å². The number of unbranched alkanes of at least 4 members (excludes halogenated alkanes) is 26. The van der Waals surface area contributed by atoms with Crippen LogP contribution < -0.4 is 0 Å². The Morgan fingerprint density at radius 3 is 0.390 bits per heavy atom. The Balaban J connectivity index is -0.0000000182. The predicted octanol–water partition coefficient (Wildman–Crippen LogP) is 19.2. The fourth-order valence-electron chi connectivity index (χ4n) is 5.39. The molecule has 0 aromatic carbocycles. The van der Waals surface area contributed by atoms with Gasteiger partial charge >= 0.3 is 0 Å². The Kier molecular flexibility index (Phi) is 51.5. The molecule has 358 valence electrons. The Morgan fingerprint density at radius 2 is 0.288 bits per heavy atom. The van der Waals surface area contributed by atoms with Crippen molar-refractivity contribution >= 4 is 0 Å². The topological polar surface area (TPSA) is 0 Å². The zero-order valence-electron chi connectivity index (χ0n) is 36.2. The van der Waals surface area contributed by atoms with Gasteiger partial charge in [-0.2, -0.15) is 0 Å². The molecule has 0 aromatic heterocycles. The molecule has 0 nitrogen and oxygen atoms in total. The van der Waals surface area contributed by atoms with E-state index in [1.54, 1.807) is 0 Å². The highest BCUT2D eigenvalue weighted by Gasteiger charge is 1.96. The fourth-order valence-corrected chi connectivity index (χ4v) is 5.39. The summed E-state index contributed by atoms with van der Waals surface area (Å²) in [5, 5.41) is 0. The Morgan fingerprint density at radius 1 is 0.186 bits per heavy atom. The minimum atomic E-state index is 0. The Labute approximate surface area is 408 Å². The van der Waals surface area contributed by atoms with Crippen molar-refractivity contribution in [2.75, 3.05) is 0 Å². The van der Waals surface area contributed by atoms with Gasteiger partial charge in [-0.15, -0.1) is 12.8 Å². The fraction of sp³-hybridized carbons (Fsp3) is 0.492. The average molecular weight is 832 g/mol. The minimum absolute atomic E-state index is 0. The van der Waals surface area contributed by atoms with E-state index in [1.165, 1.54) is 173 Å². The molecule has 0 fully saturated rings. The molecular formula is C59H122. The van der Waals surface area contributed by atoms with E-state index in [4.69, 9.17) is 12.8 Å². The number of terminal acetylenes is 2. The molecule has 0 saturated carbocycles. The van der Waals surface area contributed by atoms with Crippen molar-refractivity contribution < 1.29 is 42.8 Å².